The van der Waals surface area contributed by atoms with E-state index in [1.165, 1.54) is 16.6 Å². The van der Waals surface area contributed by atoms with Gasteiger partial charge in [-0.1, -0.05) is 18.2 Å². The number of nitrogens with zero attached hydrogens (tertiary/aromatic N) is 4. The van der Waals surface area contributed by atoms with Gasteiger partial charge in [-0.3, -0.25) is 4.79 Å². The minimum atomic E-state index is -0.378. The molecule has 4 rings (SSSR count). The Morgan fingerprint density at radius 3 is 2.76 bits per heavy atom. The van der Waals surface area contributed by atoms with Crippen LogP contribution in [0.2, 0.25) is 0 Å². The summed E-state index contributed by atoms with van der Waals surface area (Å²) in [6.45, 7) is 2.24. The van der Waals surface area contributed by atoms with E-state index in [1.807, 2.05) is 19.1 Å². The first-order chi connectivity index (χ1) is 16.0. The maximum Gasteiger partial charge on any atom is 0.258 e. The van der Waals surface area contributed by atoms with Crippen molar-refractivity contribution in [1.29, 1.82) is 0 Å². The van der Waals surface area contributed by atoms with E-state index in [2.05, 4.69) is 20.6 Å². The second-order valence-corrected chi connectivity index (χ2v) is 7.12. The van der Waals surface area contributed by atoms with Crippen LogP contribution in [0.5, 0.6) is 17.4 Å². The van der Waals surface area contributed by atoms with Crippen LogP contribution in [0.25, 0.3) is 17.0 Å². The smallest absolute Gasteiger partial charge is 0.258 e. The molecule has 0 unspecified atom stereocenters. The fourth-order valence-electron chi connectivity index (χ4n) is 3.09. The van der Waals surface area contributed by atoms with Crippen LogP contribution in [-0.2, 0) is 4.79 Å². The molecule has 1 N–H and O–H groups in total. The molecule has 0 atom stereocenters. The van der Waals surface area contributed by atoms with E-state index in [1.54, 1.807) is 37.4 Å². The number of methoxy groups -OCH3 is 1. The molecule has 0 bridgehead atoms. The Morgan fingerprint density at radius 2 is 1.94 bits per heavy atom. The normalized spacial score (nSPS) is 10.8. The summed E-state index contributed by atoms with van der Waals surface area (Å²) in [6, 6.07) is 14.8. The van der Waals surface area contributed by atoms with Crippen LogP contribution in [0, 0.1) is 12.7 Å². The lowest BCUT2D eigenvalue weighted by Crippen LogP contribution is -2.32. The van der Waals surface area contributed by atoms with Gasteiger partial charge in [-0.15, -0.1) is 15.3 Å². The van der Waals surface area contributed by atoms with Gasteiger partial charge in [0.25, 0.3) is 5.91 Å². The standard InChI is InChI=1S/C23H22FN5O4/c1-15-6-7-18(19(12-15)31-2)33-14-21(30)25-10-11-32-22-9-8-20-26-27-23(29(20)28-22)16-4-3-5-17(24)13-16/h3-9,12-13H,10-11,14H2,1-2H3,(H,25,30). The number of aryl methyl sites for hydroxylation is 1. The maximum atomic E-state index is 13.6. The SMILES string of the molecule is COc1cc(C)ccc1OCC(=O)NCCOc1ccc2nnc(-c3cccc(F)c3)n2n1. The highest BCUT2D eigenvalue weighted by molar-refractivity contribution is 5.77. The van der Waals surface area contributed by atoms with Gasteiger partial charge in [0.2, 0.25) is 5.88 Å². The summed E-state index contributed by atoms with van der Waals surface area (Å²) in [5.41, 5.74) is 2.07. The van der Waals surface area contributed by atoms with Crippen molar-refractivity contribution in [2.45, 2.75) is 6.92 Å². The van der Waals surface area contributed by atoms with Crippen molar-refractivity contribution in [1.82, 2.24) is 25.1 Å². The molecule has 0 aliphatic rings. The van der Waals surface area contributed by atoms with Crippen molar-refractivity contribution in [2.75, 3.05) is 26.9 Å². The van der Waals surface area contributed by atoms with Gasteiger partial charge in [0.1, 0.15) is 12.4 Å². The first-order valence-corrected chi connectivity index (χ1v) is 10.2. The van der Waals surface area contributed by atoms with Gasteiger partial charge < -0.3 is 19.5 Å². The van der Waals surface area contributed by atoms with Gasteiger partial charge in [0.05, 0.1) is 13.7 Å². The topological polar surface area (TPSA) is 99.9 Å². The van der Waals surface area contributed by atoms with Crippen molar-refractivity contribution in [3.05, 3.63) is 66.0 Å². The number of hydrogen-bond acceptors (Lipinski definition) is 7. The summed E-state index contributed by atoms with van der Waals surface area (Å²) in [7, 11) is 1.55. The first kappa shape index (κ1) is 22.0. The predicted molar refractivity (Wildman–Crippen MR) is 118 cm³/mol. The van der Waals surface area contributed by atoms with E-state index >= 15 is 0 Å². The van der Waals surface area contributed by atoms with Crippen LogP contribution >= 0.6 is 0 Å². The second kappa shape index (κ2) is 9.94. The lowest BCUT2D eigenvalue weighted by atomic mass is 10.2. The molecule has 33 heavy (non-hydrogen) atoms. The number of aromatic nitrogens is 4. The number of nitrogens with one attached hydrogen (secondary N) is 1. The lowest BCUT2D eigenvalue weighted by Gasteiger charge is -2.11. The van der Waals surface area contributed by atoms with Crippen LogP contribution < -0.4 is 19.5 Å². The molecule has 9 nitrogen and oxygen atoms in total. The fourth-order valence-corrected chi connectivity index (χ4v) is 3.09. The molecule has 0 aliphatic heterocycles. The molecule has 2 heterocycles. The van der Waals surface area contributed by atoms with Gasteiger partial charge in [-0.05, 0) is 42.8 Å². The average Bonchev–Trinajstić information content (AvgIpc) is 3.24. The van der Waals surface area contributed by atoms with E-state index in [4.69, 9.17) is 14.2 Å². The third-order valence-corrected chi connectivity index (χ3v) is 4.67. The largest absolute Gasteiger partial charge is 0.493 e. The summed E-state index contributed by atoms with van der Waals surface area (Å²) in [4.78, 5) is 12.1. The molecule has 0 saturated carbocycles. The van der Waals surface area contributed by atoms with Crippen molar-refractivity contribution in [3.63, 3.8) is 0 Å². The minimum absolute atomic E-state index is 0.151. The Balaban J connectivity index is 1.29. The Kier molecular flexibility index (Phi) is 6.63. The summed E-state index contributed by atoms with van der Waals surface area (Å²) >= 11 is 0. The molecule has 170 valence electrons. The molecule has 0 radical (unpaired) electrons. The van der Waals surface area contributed by atoms with E-state index in [9.17, 15) is 9.18 Å². The first-order valence-electron chi connectivity index (χ1n) is 10.2. The zero-order valence-electron chi connectivity index (χ0n) is 18.1. The van der Waals surface area contributed by atoms with Crippen LogP contribution in [0.4, 0.5) is 4.39 Å². The quantitative estimate of drug-likeness (QED) is 0.391. The van der Waals surface area contributed by atoms with Crippen LogP contribution in [0.3, 0.4) is 0 Å². The summed E-state index contributed by atoms with van der Waals surface area (Å²) in [5.74, 6) is 1.10. The summed E-state index contributed by atoms with van der Waals surface area (Å²) < 4.78 is 31.5. The van der Waals surface area contributed by atoms with Crippen molar-refractivity contribution in [2.24, 2.45) is 0 Å². The highest BCUT2D eigenvalue weighted by atomic mass is 19.1. The monoisotopic (exact) mass is 451 g/mol. The number of carbonyl (C=O) groups is 1. The minimum Gasteiger partial charge on any atom is -0.493 e. The van der Waals surface area contributed by atoms with Gasteiger partial charge in [-0.25, -0.2) is 4.39 Å². The summed E-state index contributed by atoms with van der Waals surface area (Å²) in [6.07, 6.45) is 0. The van der Waals surface area contributed by atoms with Gasteiger partial charge in [0.15, 0.2) is 29.6 Å². The maximum absolute atomic E-state index is 13.6. The Labute approximate surface area is 189 Å². The number of halogens is 1. The molecule has 4 aromatic rings. The number of fused-ring (bicyclic) bond motifs is 1. The van der Waals surface area contributed by atoms with E-state index in [-0.39, 0.29) is 31.5 Å². The number of rotatable bonds is 9. The zero-order chi connectivity index (χ0) is 23.2. The van der Waals surface area contributed by atoms with Crippen LogP contribution in [-0.4, -0.2) is 52.6 Å². The molecule has 0 saturated heterocycles. The molecule has 1 amide bonds. The number of ether oxygens (including phenoxy) is 3. The van der Waals surface area contributed by atoms with Gasteiger partial charge >= 0.3 is 0 Å². The molecular formula is C23H22FN5O4. The summed E-state index contributed by atoms with van der Waals surface area (Å²) in [5, 5.41) is 15.2. The highest BCUT2D eigenvalue weighted by Crippen LogP contribution is 2.27. The Morgan fingerprint density at radius 1 is 1.06 bits per heavy atom. The molecule has 0 spiro atoms. The van der Waals surface area contributed by atoms with E-state index in [0.29, 0.717) is 34.4 Å². The molecule has 2 aromatic heterocycles. The van der Waals surface area contributed by atoms with Crippen molar-refractivity contribution >= 4 is 11.6 Å². The third kappa shape index (κ3) is 5.35. The molecule has 0 fully saturated rings. The predicted octanol–water partition coefficient (Wildman–Crippen LogP) is 2.82. The Bertz CT molecular complexity index is 1280. The van der Waals surface area contributed by atoms with E-state index in [0.717, 1.165) is 5.56 Å². The molecule has 10 heteroatoms. The molecule has 0 aliphatic carbocycles. The fraction of sp³-hybridized carbons (Fsp3) is 0.217. The van der Waals surface area contributed by atoms with Crippen LogP contribution in [0.1, 0.15) is 5.56 Å². The number of hydrogen-bond donors (Lipinski definition) is 1. The van der Waals surface area contributed by atoms with Gasteiger partial charge in [0, 0.05) is 11.6 Å². The number of benzene rings is 2. The van der Waals surface area contributed by atoms with E-state index < -0.39 is 0 Å². The average molecular weight is 451 g/mol. The van der Waals surface area contributed by atoms with Crippen molar-refractivity contribution in [3.8, 4) is 28.8 Å². The highest BCUT2D eigenvalue weighted by Gasteiger charge is 2.12. The van der Waals surface area contributed by atoms with Gasteiger partial charge in [-0.2, -0.15) is 4.52 Å². The third-order valence-electron chi connectivity index (χ3n) is 4.67. The number of amides is 1. The molecular weight excluding hydrogens is 429 g/mol. The number of carbonyl (C=O) groups excluding carboxylic acids is 1. The second-order valence-electron chi connectivity index (χ2n) is 7.12. The molecule has 2 aromatic carbocycles. The van der Waals surface area contributed by atoms with Crippen molar-refractivity contribution < 1.29 is 23.4 Å². The lowest BCUT2D eigenvalue weighted by molar-refractivity contribution is -0.123. The zero-order valence-corrected chi connectivity index (χ0v) is 18.1. The van der Waals surface area contributed by atoms with Crippen LogP contribution in [0.15, 0.2) is 54.6 Å². The Hall–Kier alpha value is -4.21.